The second kappa shape index (κ2) is 9.39. The first-order chi connectivity index (χ1) is 14.5. The Morgan fingerprint density at radius 2 is 1.90 bits per heavy atom. The van der Waals surface area contributed by atoms with Gasteiger partial charge in [-0.3, -0.25) is 9.36 Å². The van der Waals surface area contributed by atoms with E-state index in [1.165, 1.54) is 23.7 Å². The molecule has 0 bridgehead atoms. The molecule has 0 saturated carbocycles. The number of piperidine rings is 1. The first-order valence-electron chi connectivity index (χ1n) is 10.8. The minimum absolute atomic E-state index is 0.185. The fourth-order valence-corrected chi connectivity index (χ4v) is 5.25. The summed E-state index contributed by atoms with van der Waals surface area (Å²) in [6.07, 6.45) is 1.20. The highest BCUT2D eigenvalue weighted by molar-refractivity contribution is 7.99. The van der Waals surface area contributed by atoms with Gasteiger partial charge in [0.2, 0.25) is 11.9 Å². The number of morpholine rings is 1. The van der Waals surface area contributed by atoms with Gasteiger partial charge in [-0.2, -0.15) is 0 Å². The van der Waals surface area contributed by atoms with Gasteiger partial charge in [0.15, 0.2) is 5.16 Å². The largest absolute Gasteiger partial charge is 0.378 e. The van der Waals surface area contributed by atoms with Crippen LogP contribution in [0.3, 0.4) is 0 Å². The van der Waals surface area contributed by atoms with Gasteiger partial charge in [0.1, 0.15) is 0 Å². The summed E-state index contributed by atoms with van der Waals surface area (Å²) < 4.78 is 7.58. The monoisotopic (exact) mass is 429 g/mol. The van der Waals surface area contributed by atoms with Crippen LogP contribution in [0.4, 0.5) is 5.95 Å². The molecule has 162 valence electrons. The Bertz CT molecular complexity index is 870. The zero-order valence-corrected chi connectivity index (χ0v) is 18.9. The van der Waals surface area contributed by atoms with E-state index in [0.717, 1.165) is 43.0 Å². The van der Waals surface area contributed by atoms with E-state index in [2.05, 4.69) is 58.6 Å². The van der Waals surface area contributed by atoms with Crippen LogP contribution in [0.25, 0.3) is 5.69 Å². The zero-order chi connectivity index (χ0) is 21.1. The number of rotatable bonds is 5. The van der Waals surface area contributed by atoms with Crippen LogP contribution in [0.15, 0.2) is 29.4 Å². The van der Waals surface area contributed by atoms with Crippen LogP contribution < -0.4 is 4.90 Å². The summed E-state index contributed by atoms with van der Waals surface area (Å²) in [6, 6.07) is 8.33. The highest BCUT2D eigenvalue weighted by Gasteiger charge is 2.27. The number of likely N-dealkylation sites (tertiary alicyclic amines) is 1. The average Bonchev–Trinajstić information content (AvgIpc) is 3.16. The lowest BCUT2D eigenvalue weighted by atomic mass is 9.92. The van der Waals surface area contributed by atoms with Gasteiger partial charge in [-0.15, -0.1) is 10.2 Å². The number of aromatic nitrogens is 3. The Hall–Kier alpha value is -2.06. The molecule has 2 aliphatic heterocycles. The zero-order valence-electron chi connectivity index (χ0n) is 18.1. The van der Waals surface area contributed by atoms with Crippen molar-refractivity contribution in [1.29, 1.82) is 0 Å². The molecular weight excluding hydrogens is 398 g/mol. The summed E-state index contributed by atoms with van der Waals surface area (Å²) in [5.74, 6) is 2.51. The lowest BCUT2D eigenvalue weighted by Crippen LogP contribution is -2.43. The normalized spacial score (nSPS) is 22.4. The van der Waals surface area contributed by atoms with Gasteiger partial charge in [0.05, 0.1) is 24.7 Å². The second-order valence-electron chi connectivity index (χ2n) is 8.59. The molecule has 2 aliphatic rings. The van der Waals surface area contributed by atoms with E-state index < -0.39 is 0 Å². The van der Waals surface area contributed by atoms with Crippen LogP contribution in [0.1, 0.15) is 25.8 Å². The Kier molecular flexibility index (Phi) is 6.63. The van der Waals surface area contributed by atoms with Crippen molar-refractivity contribution in [2.75, 3.05) is 50.0 Å². The third kappa shape index (κ3) is 4.81. The van der Waals surface area contributed by atoms with Crippen LogP contribution in [0, 0.1) is 18.8 Å². The first kappa shape index (κ1) is 21.2. The van der Waals surface area contributed by atoms with E-state index >= 15 is 0 Å². The van der Waals surface area contributed by atoms with E-state index in [4.69, 9.17) is 4.74 Å². The molecule has 4 rings (SSSR count). The Labute approximate surface area is 182 Å². The molecule has 8 heteroatoms. The number of hydrogen-bond donors (Lipinski definition) is 0. The third-order valence-corrected chi connectivity index (χ3v) is 6.63. The van der Waals surface area contributed by atoms with Crippen LogP contribution in [0.2, 0.25) is 0 Å². The molecule has 2 fully saturated rings. The van der Waals surface area contributed by atoms with Gasteiger partial charge in [-0.05, 0) is 42.9 Å². The number of aryl methyl sites for hydroxylation is 1. The highest BCUT2D eigenvalue weighted by atomic mass is 32.2. The van der Waals surface area contributed by atoms with Crippen molar-refractivity contribution in [3.8, 4) is 5.69 Å². The van der Waals surface area contributed by atoms with E-state index in [1.807, 2.05) is 11.0 Å². The molecule has 7 nitrogen and oxygen atoms in total. The lowest BCUT2D eigenvalue weighted by molar-refractivity contribution is -0.130. The third-order valence-electron chi connectivity index (χ3n) is 5.72. The molecule has 1 aromatic heterocycles. The quantitative estimate of drug-likeness (QED) is 0.681. The second-order valence-corrected chi connectivity index (χ2v) is 9.53. The van der Waals surface area contributed by atoms with Crippen LogP contribution in [-0.4, -0.2) is 70.7 Å². The van der Waals surface area contributed by atoms with Crippen molar-refractivity contribution >= 4 is 23.6 Å². The molecule has 2 unspecified atom stereocenters. The predicted octanol–water partition coefficient (Wildman–Crippen LogP) is 3.01. The van der Waals surface area contributed by atoms with Crippen molar-refractivity contribution in [2.24, 2.45) is 11.8 Å². The number of anilines is 1. The smallest absolute Gasteiger partial charge is 0.233 e. The van der Waals surface area contributed by atoms with Gasteiger partial charge in [-0.1, -0.05) is 37.7 Å². The van der Waals surface area contributed by atoms with Crippen molar-refractivity contribution in [3.05, 3.63) is 29.8 Å². The standard InChI is InChI=1S/C22H31N5O2S/c1-16-5-4-6-19(12-16)27-21(25-7-9-29-10-8-25)23-24-22(27)30-15-20(28)26-13-17(2)11-18(3)14-26/h4-6,12,17-18H,7-11,13-15H2,1-3H3. The molecule has 1 amide bonds. The summed E-state index contributed by atoms with van der Waals surface area (Å²) in [4.78, 5) is 17.1. The van der Waals surface area contributed by atoms with E-state index in [0.29, 0.717) is 30.8 Å². The van der Waals surface area contributed by atoms with Gasteiger partial charge >= 0.3 is 0 Å². The maximum absolute atomic E-state index is 12.9. The molecular formula is C22H31N5O2S. The molecule has 0 N–H and O–H groups in total. The van der Waals surface area contributed by atoms with Gasteiger partial charge in [-0.25, -0.2) is 0 Å². The fraction of sp³-hybridized carbons (Fsp3) is 0.591. The molecule has 1 aromatic carbocycles. The lowest BCUT2D eigenvalue weighted by Gasteiger charge is -2.35. The Morgan fingerprint density at radius 3 is 2.60 bits per heavy atom. The summed E-state index contributed by atoms with van der Waals surface area (Å²) >= 11 is 1.48. The van der Waals surface area contributed by atoms with Crippen molar-refractivity contribution in [1.82, 2.24) is 19.7 Å². The van der Waals surface area contributed by atoms with Crippen LogP contribution in [0.5, 0.6) is 0 Å². The summed E-state index contributed by atoms with van der Waals surface area (Å²) in [7, 11) is 0. The number of amides is 1. The number of carbonyl (C=O) groups is 1. The molecule has 0 aliphatic carbocycles. The minimum Gasteiger partial charge on any atom is -0.378 e. The summed E-state index contributed by atoms with van der Waals surface area (Å²) in [5.41, 5.74) is 2.20. The van der Waals surface area contributed by atoms with Gasteiger partial charge in [0.25, 0.3) is 0 Å². The first-order valence-corrected chi connectivity index (χ1v) is 11.8. The van der Waals surface area contributed by atoms with Gasteiger partial charge < -0.3 is 14.5 Å². The molecule has 2 atom stereocenters. The summed E-state index contributed by atoms with van der Waals surface area (Å²) in [5, 5.41) is 9.72. The maximum Gasteiger partial charge on any atom is 0.233 e. The Morgan fingerprint density at radius 1 is 1.17 bits per heavy atom. The van der Waals surface area contributed by atoms with Gasteiger partial charge in [0, 0.05) is 26.2 Å². The number of hydrogen-bond acceptors (Lipinski definition) is 6. The predicted molar refractivity (Wildman–Crippen MR) is 119 cm³/mol. The number of benzene rings is 1. The molecule has 2 aromatic rings. The van der Waals surface area contributed by atoms with Crippen molar-refractivity contribution in [2.45, 2.75) is 32.3 Å². The number of carbonyl (C=O) groups excluding carboxylic acids is 1. The molecule has 0 spiro atoms. The van der Waals surface area contributed by atoms with E-state index in [9.17, 15) is 4.79 Å². The molecule has 0 radical (unpaired) electrons. The minimum atomic E-state index is 0.185. The number of ether oxygens (including phenoxy) is 1. The fourth-order valence-electron chi connectivity index (χ4n) is 4.40. The topological polar surface area (TPSA) is 63.5 Å². The van der Waals surface area contributed by atoms with Crippen LogP contribution >= 0.6 is 11.8 Å². The summed E-state index contributed by atoms with van der Waals surface area (Å²) in [6.45, 7) is 11.2. The SMILES string of the molecule is Cc1cccc(-n2c(SCC(=O)N3CC(C)CC(C)C3)nnc2N2CCOCC2)c1. The Balaban J connectivity index is 1.55. The highest BCUT2D eigenvalue weighted by Crippen LogP contribution is 2.28. The van der Waals surface area contributed by atoms with Crippen LogP contribution in [-0.2, 0) is 9.53 Å². The molecule has 3 heterocycles. The van der Waals surface area contributed by atoms with Crippen molar-refractivity contribution in [3.63, 3.8) is 0 Å². The molecule has 2 saturated heterocycles. The van der Waals surface area contributed by atoms with E-state index in [1.54, 1.807) is 0 Å². The van der Waals surface area contributed by atoms with E-state index in [-0.39, 0.29) is 5.91 Å². The number of nitrogens with zero attached hydrogens (tertiary/aromatic N) is 5. The average molecular weight is 430 g/mol. The molecule has 30 heavy (non-hydrogen) atoms. The number of thioether (sulfide) groups is 1. The van der Waals surface area contributed by atoms with Crippen molar-refractivity contribution < 1.29 is 9.53 Å². The maximum atomic E-state index is 12.9.